The fourth-order valence-corrected chi connectivity index (χ4v) is 4.22. The predicted molar refractivity (Wildman–Crippen MR) is 47.8 cm³/mol. The van der Waals surface area contributed by atoms with Gasteiger partial charge >= 0.3 is 0 Å². The maximum Gasteiger partial charge on any atom is 0.207 e. The van der Waals surface area contributed by atoms with Gasteiger partial charge in [0.05, 0.1) is 0 Å². The molecule has 3 rings (SSSR count). The molecule has 3 aliphatic carbocycles. The smallest absolute Gasteiger partial charge is 0.207 e. The molecule has 13 heavy (non-hydrogen) atoms. The molecule has 5 atom stereocenters. The van der Waals surface area contributed by atoms with Gasteiger partial charge in [0.2, 0.25) is 6.54 Å². The Labute approximate surface area is 77.7 Å². The van der Waals surface area contributed by atoms with Gasteiger partial charge < -0.3 is 0 Å². The van der Waals surface area contributed by atoms with Crippen LogP contribution in [-0.2, 0) is 0 Å². The van der Waals surface area contributed by atoms with E-state index < -0.39 is 0 Å². The van der Waals surface area contributed by atoms with Crippen LogP contribution in [0.1, 0.15) is 25.7 Å². The maximum absolute atomic E-state index is 10.5. The molecule has 3 fully saturated rings. The van der Waals surface area contributed by atoms with Crippen LogP contribution in [-0.4, -0.2) is 11.5 Å². The monoisotopic (exact) mass is 181 g/mol. The van der Waals surface area contributed by atoms with E-state index in [1.807, 2.05) is 0 Å². The summed E-state index contributed by atoms with van der Waals surface area (Å²) in [6.45, 7) is 0.249. The van der Waals surface area contributed by atoms with Gasteiger partial charge in [-0.15, -0.1) is 0 Å². The summed E-state index contributed by atoms with van der Waals surface area (Å²) in [5.74, 6) is 3.75. The minimum atomic E-state index is -0.105. The molecule has 0 saturated heterocycles. The summed E-state index contributed by atoms with van der Waals surface area (Å²) in [7, 11) is 0. The standard InChI is InChI=1S/C10H15NO2/c12-11(13)5-10-7-2-1-6-3-8(7)9(10)4-6/h6-10H,1-5H2/t6?,7?,8-,9-,10?/m1/s1. The Morgan fingerprint density at radius 2 is 1.92 bits per heavy atom. The van der Waals surface area contributed by atoms with Crippen LogP contribution >= 0.6 is 0 Å². The van der Waals surface area contributed by atoms with E-state index in [0.717, 1.165) is 23.7 Å². The number of rotatable bonds is 2. The second-order valence-electron chi connectivity index (χ2n) is 5.09. The van der Waals surface area contributed by atoms with E-state index >= 15 is 0 Å². The molecule has 0 heterocycles. The first-order valence-corrected chi connectivity index (χ1v) is 5.37. The van der Waals surface area contributed by atoms with E-state index in [-0.39, 0.29) is 11.5 Å². The van der Waals surface area contributed by atoms with Gasteiger partial charge in [0.1, 0.15) is 0 Å². The van der Waals surface area contributed by atoms with Gasteiger partial charge in [-0.3, -0.25) is 10.1 Å². The molecule has 3 heteroatoms. The average Bonchev–Trinajstić information content (AvgIpc) is 2.26. The van der Waals surface area contributed by atoms with E-state index in [0.29, 0.717) is 5.92 Å². The first-order valence-electron chi connectivity index (χ1n) is 5.37. The highest BCUT2D eigenvalue weighted by Crippen LogP contribution is 2.63. The molecule has 0 N–H and O–H groups in total. The highest BCUT2D eigenvalue weighted by molar-refractivity contribution is 5.05. The van der Waals surface area contributed by atoms with Crippen molar-refractivity contribution in [1.29, 1.82) is 0 Å². The summed E-state index contributed by atoms with van der Waals surface area (Å²) in [6, 6.07) is 0. The molecule has 0 spiro atoms. The second kappa shape index (κ2) is 2.46. The lowest BCUT2D eigenvalue weighted by molar-refractivity contribution is -0.497. The van der Waals surface area contributed by atoms with Crippen molar-refractivity contribution in [2.45, 2.75) is 25.7 Å². The molecule has 0 aromatic rings. The van der Waals surface area contributed by atoms with Crippen LogP contribution in [0.2, 0.25) is 0 Å². The van der Waals surface area contributed by atoms with Gasteiger partial charge in [0.25, 0.3) is 0 Å². The minimum Gasteiger partial charge on any atom is -0.265 e. The SMILES string of the molecule is O=[N+]([O-])CC1C2CCC3C[C@H]2[C@H]1C3. The summed E-state index contributed by atoms with van der Waals surface area (Å²) >= 11 is 0. The molecule has 2 bridgehead atoms. The molecule has 3 unspecified atom stereocenters. The Morgan fingerprint density at radius 3 is 2.69 bits per heavy atom. The fourth-order valence-electron chi connectivity index (χ4n) is 4.22. The summed E-state index contributed by atoms with van der Waals surface area (Å²) < 4.78 is 0. The van der Waals surface area contributed by atoms with E-state index in [9.17, 15) is 10.1 Å². The van der Waals surface area contributed by atoms with Gasteiger partial charge in [-0.1, -0.05) is 6.42 Å². The molecule has 0 radical (unpaired) electrons. The zero-order chi connectivity index (χ0) is 9.00. The van der Waals surface area contributed by atoms with Crippen molar-refractivity contribution in [3.63, 3.8) is 0 Å². The Hall–Kier alpha value is -0.600. The van der Waals surface area contributed by atoms with E-state index in [1.54, 1.807) is 0 Å². The first kappa shape index (κ1) is 7.77. The third kappa shape index (κ3) is 0.960. The van der Waals surface area contributed by atoms with Gasteiger partial charge in [-0.2, -0.15) is 0 Å². The fraction of sp³-hybridized carbons (Fsp3) is 1.00. The molecule has 3 aliphatic rings. The van der Waals surface area contributed by atoms with Gasteiger partial charge in [0.15, 0.2) is 0 Å². The Kier molecular flexibility index (Phi) is 1.47. The highest BCUT2D eigenvalue weighted by Gasteiger charge is 2.58. The number of nitrogens with zero attached hydrogens (tertiary/aromatic N) is 1. The molecule has 3 nitrogen and oxygen atoms in total. The van der Waals surface area contributed by atoms with Crippen molar-refractivity contribution >= 4 is 0 Å². The molecule has 3 saturated carbocycles. The quantitative estimate of drug-likeness (QED) is 0.482. The van der Waals surface area contributed by atoms with Gasteiger partial charge in [-0.25, -0.2) is 0 Å². The summed E-state index contributed by atoms with van der Waals surface area (Å²) in [6.07, 6.45) is 5.33. The molecule has 72 valence electrons. The third-order valence-electron chi connectivity index (χ3n) is 4.68. The van der Waals surface area contributed by atoms with Crippen molar-refractivity contribution in [2.75, 3.05) is 6.54 Å². The lowest BCUT2D eigenvalue weighted by Gasteiger charge is -2.47. The van der Waals surface area contributed by atoms with Gasteiger partial charge in [0, 0.05) is 10.8 Å². The van der Waals surface area contributed by atoms with Gasteiger partial charge in [-0.05, 0) is 42.9 Å². The molecular weight excluding hydrogens is 166 g/mol. The second-order valence-corrected chi connectivity index (χ2v) is 5.09. The Bertz CT molecular complexity index is 247. The third-order valence-corrected chi connectivity index (χ3v) is 4.68. The van der Waals surface area contributed by atoms with Crippen LogP contribution in [0.4, 0.5) is 0 Å². The Morgan fingerprint density at radius 1 is 1.15 bits per heavy atom. The largest absolute Gasteiger partial charge is 0.265 e. The van der Waals surface area contributed by atoms with Crippen LogP contribution in [0.5, 0.6) is 0 Å². The summed E-state index contributed by atoms with van der Waals surface area (Å²) in [5.41, 5.74) is 0. The maximum atomic E-state index is 10.5. The predicted octanol–water partition coefficient (Wildman–Crippen LogP) is 1.95. The minimum absolute atomic E-state index is 0.105. The van der Waals surface area contributed by atoms with Crippen molar-refractivity contribution < 1.29 is 4.92 Å². The molecule has 0 aliphatic heterocycles. The first-order chi connectivity index (χ1) is 6.25. The number of hydrogen-bond acceptors (Lipinski definition) is 2. The normalized spacial score (nSPS) is 51.5. The van der Waals surface area contributed by atoms with Crippen molar-refractivity contribution in [2.24, 2.45) is 29.6 Å². The van der Waals surface area contributed by atoms with Crippen molar-refractivity contribution in [1.82, 2.24) is 0 Å². The van der Waals surface area contributed by atoms with Crippen LogP contribution < -0.4 is 0 Å². The van der Waals surface area contributed by atoms with Crippen LogP contribution in [0.15, 0.2) is 0 Å². The highest BCUT2D eigenvalue weighted by atomic mass is 16.6. The van der Waals surface area contributed by atoms with Crippen LogP contribution in [0.3, 0.4) is 0 Å². The van der Waals surface area contributed by atoms with Crippen LogP contribution in [0.25, 0.3) is 0 Å². The number of fused-ring (bicyclic) bond motifs is 1. The van der Waals surface area contributed by atoms with Crippen LogP contribution in [0, 0.1) is 39.7 Å². The molecule has 0 aromatic carbocycles. The lowest BCUT2D eigenvalue weighted by Crippen LogP contribution is -2.47. The van der Waals surface area contributed by atoms with E-state index in [2.05, 4.69) is 0 Å². The van der Waals surface area contributed by atoms with Crippen molar-refractivity contribution in [3.05, 3.63) is 10.1 Å². The lowest BCUT2D eigenvalue weighted by atomic mass is 9.56. The zero-order valence-electron chi connectivity index (χ0n) is 7.69. The van der Waals surface area contributed by atoms with E-state index in [4.69, 9.17) is 0 Å². The zero-order valence-corrected chi connectivity index (χ0v) is 7.69. The Balaban J connectivity index is 1.75. The number of nitro groups is 1. The average molecular weight is 181 g/mol. The molecule has 0 amide bonds. The number of hydrogen-bond donors (Lipinski definition) is 0. The summed E-state index contributed by atoms with van der Waals surface area (Å²) in [4.78, 5) is 10.4. The van der Waals surface area contributed by atoms with E-state index in [1.165, 1.54) is 25.7 Å². The topological polar surface area (TPSA) is 43.1 Å². The molecular formula is C10H15NO2. The summed E-state index contributed by atoms with van der Waals surface area (Å²) in [5, 5.41) is 10.5. The molecule has 0 aromatic heterocycles. The van der Waals surface area contributed by atoms with Crippen molar-refractivity contribution in [3.8, 4) is 0 Å².